The second-order valence-electron chi connectivity index (χ2n) is 6.73. The number of aliphatic imine (C=N–C) groups is 1. The van der Waals surface area contributed by atoms with E-state index in [0.29, 0.717) is 12.0 Å². The van der Waals surface area contributed by atoms with E-state index in [4.69, 9.17) is 4.74 Å². The van der Waals surface area contributed by atoms with Crippen LogP contribution in [0, 0.1) is 5.92 Å². The molecule has 2 heterocycles. The van der Waals surface area contributed by atoms with Gasteiger partial charge < -0.3 is 15.4 Å². The maximum absolute atomic E-state index is 5.53. The third-order valence-corrected chi connectivity index (χ3v) is 6.17. The van der Waals surface area contributed by atoms with Crippen LogP contribution >= 0.6 is 11.8 Å². The molecule has 22 heavy (non-hydrogen) atoms. The average molecular weight is 329 g/mol. The van der Waals surface area contributed by atoms with Crippen molar-refractivity contribution in [1.29, 1.82) is 0 Å². The van der Waals surface area contributed by atoms with E-state index in [9.17, 15) is 0 Å². The summed E-state index contributed by atoms with van der Waals surface area (Å²) in [7, 11) is 1.85. The van der Waals surface area contributed by atoms with Crippen molar-refractivity contribution in [1.82, 2.24) is 15.5 Å². The molecule has 0 saturated carbocycles. The van der Waals surface area contributed by atoms with Crippen molar-refractivity contribution in [2.75, 3.05) is 51.4 Å². The molecule has 0 aromatic heterocycles. The molecule has 0 aromatic rings. The SMILES string of the molecule is CN=C(NCC1(N2CCOCC2)CCSC1)NC(C)C(C)C. The van der Waals surface area contributed by atoms with Gasteiger partial charge in [-0.1, -0.05) is 13.8 Å². The molecule has 6 heteroatoms. The standard InChI is InChI=1S/C16H32N4OS/c1-13(2)14(3)19-15(17-4)18-11-16(5-10-22-12-16)20-6-8-21-9-7-20/h13-14H,5-12H2,1-4H3,(H2,17,18,19). The highest BCUT2D eigenvalue weighted by Crippen LogP contribution is 2.33. The molecule has 0 spiro atoms. The van der Waals surface area contributed by atoms with E-state index in [0.717, 1.165) is 38.8 Å². The second kappa shape index (κ2) is 8.41. The lowest BCUT2D eigenvalue weighted by Gasteiger charge is -2.43. The highest BCUT2D eigenvalue weighted by Gasteiger charge is 2.40. The number of hydrogen-bond acceptors (Lipinski definition) is 4. The Balaban J connectivity index is 1.93. The van der Waals surface area contributed by atoms with Gasteiger partial charge in [0, 0.05) is 44.0 Å². The number of nitrogens with zero attached hydrogens (tertiary/aromatic N) is 2. The number of ether oxygens (including phenoxy) is 1. The number of morpholine rings is 1. The first-order valence-electron chi connectivity index (χ1n) is 8.45. The van der Waals surface area contributed by atoms with Gasteiger partial charge in [0.2, 0.25) is 0 Å². The summed E-state index contributed by atoms with van der Waals surface area (Å²) < 4.78 is 5.53. The van der Waals surface area contributed by atoms with E-state index in [-0.39, 0.29) is 5.54 Å². The van der Waals surface area contributed by atoms with E-state index < -0.39 is 0 Å². The van der Waals surface area contributed by atoms with Gasteiger partial charge in [0.05, 0.1) is 13.2 Å². The summed E-state index contributed by atoms with van der Waals surface area (Å²) in [5.74, 6) is 3.98. The van der Waals surface area contributed by atoms with Crippen molar-refractivity contribution in [2.45, 2.75) is 38.8 Å². The maximum atomic E-state index is 5.53. The van der Waals surface area contributed by atoms with E-state index in [1.54, 1.807) is 0 Å². The Morgan fingerprint density at radius 3 is 2.59 bits per heavy atom. The monoisotopic (exact) mass is 328 g/mol. The van der Waals surface area contributed by atoms with Crippen molar-refractivity contribution in [2.24, 2.45) is 10.9 Å². The maximum Gasteiger partial charge on any atom is 0.191 e. The van der Waals surface area contributed by atoms with Gasteiger partial charge >= 0.3 is 0 Å². The van der Waals surface area contributed by atoms with E-state index in [1.807, 2.05) is 7.05 Å². The summed E-state index contributed by atoms with van der Waals surface area (Å²) in [6.45, 7) is 11.5. The van der Waals surface area contributed by atoms with Crippen LogP contribution in [-0.4, -0.2) is 73.8 Å². The zero-order valence-corrected chi connectivity index (χ0v) is 15.3. The topological polar surface area (TPSA) is 48.9 Å². The highest BCUT2D eigenvalue weighted by atomic mass is 32.2. The Kier molecular flexibility index (Phi) is 6.84. The Bertz CT molecular complexity index is 363. The van der Waals surface area contributed by atoms with E-state index in [1.165, 1.54) is 17.9 Å². The molecule has 2 aliphatic heterocycles. The molecule has 2 fully saturated rings. The molecule has 0 aromatic carbocycles. The van der Waals surface area contributed by atoms with Gasteiger partial charge in [-0.3, -0.25) is 9.89 Å². The average Bonchev–Trinajstić information content (AvgIpc) is 3.02. The van der Waals surface area contributed by atoms with Crippen LogP contribution in [0.15, 0.2) is 4.99 Å². The fourth-order valence-corrected chi connectivity index (χ4v) is 4.44. The number of thioether (sulfide) groups is 1. The number of guanidine groups is 1. The normalized spacial score (nSPS) is 28.9. The third kappa shape index (κ3) is 4.52. The van der Waals surface area contributed by atoms with Crippen molar-refractivity contribution in [3.63, 3.8) is 0 Å². The minimum Gasteiger partial charge on any atom is -0.379 e. The molecular weight excluding hydrogens is 296 g/mol. The fourth-order valence-electron chi connectivity index (χ4n) is 2.96. The zero-order valence-electron chi connectivity index (χ0n) is 14.5. The molecule has 0 amide bonds. The minimum atomic E-state index is 0.257. The molecule has 0 bridgehead atoms. The fraction of sp³-hybridized carbons (Fsp3) is 0.938. The molecule has 5 nitrogen and oxygen atoms in total. The second-order valence-corrected chi connectivity index (χ2v) is 7.83. The molecule has 2 unspecified atom stereocenters. The summed E-state index contributed by atoms with van der Waals surface area (Å²) in [6, 6.07) is 0.420. The van der Waals surface area contributed by atoms with Gasteiger partial charge in [0.25, 0.3) is 0 Å². The van der Waals surface area contributed by atoms with Crippen LogP contribution in [-0.2, 0) is 4.74 Å². The van der Waals surface area contributed by atoms with Crippen LogP contribution in [0.25, 0.3) is 0 Å². The largest absolute Gasteiger partial charge is 0.379 e. The molecule has 0 radical (unpaired) electrons. The summed E-state index contributed by atoms with van der Waals surface area (Å²) in [6.07, 6.45) is 1.25. The summed E-state index contributed by atoms with van der Waals surface area (Å²) in [5.41, 5.74) is 0.257. The first kappa shape index (κ1) is 17.9. The Morgan fingerprint density at radius 2 is 2.05 bits per heavy atom. The molecule has 2 rings (SSSR count). The highest BCUT2D eigenvalue weighted by molar-refractivity contribution is 7.99. The van der Waals surface area contributed by atoms with Crippen LogP contribution in [0.2, 0.25) is 0 Å². The van der Waals surface area contributed by atoms with Crippen LogP contribution < -0.4 is 10.6 Å². The van der Waals surface area contributed by atoms with Gasteiger partial charge in [-0.05, 0) is 25.0 Å². The molecule has 0 aliphatic carbocycles. The van der Waals surface area contributed by atoms with Crippen LogP contribution in [0.5, 0.6) is 0 Å². The third-order valence-electron chi connectivity index (χ3n) is 4.94. The van der Waals surface area contributed by atoms with Crippen molar-refractivity contribution in [3.05, 3.63) is 0 Å². The minimum absolute atomic E-state index is 0.257. The first-order valence-corrected chi connectivity index (χ1v) is 9.60. The predicted octanol–water partition coefficient (Wildman–Crippen LogP) is 1.40. The van der Waals surface area contributed by atoms with Crippen molar-refractivity contribution in [3.8, 4) is 0 Å². The van der Waals surface area contributed by atoms with E-state index in [2.05, 4.69) is 53.1 Å². The van der Waals surface area contributed by atoms with Gasteiger partial charge in [0.15, 0.2) is 5.96 Å². The lowest BCUT2D eigenvalue weighted by molar-refractivity contribution is -0.0120. The Hall–Kier alpha value is -0.460. The molecule has 128 valence electrons. The molecule has 2 atom stereocenters. The number of hydrogen-bond donors (Lipinski definition) is 2. The Morgan fingerprint density at radius 1 is 1.32 bits per heavy atom. The Labute approximate surface area is 139 Å². The molecular formula is C16H32N4OS. The molecule has 2 saturated heterocycles. The van der Waals surface area contributed by atoms with Gasteiger partial charge in [-0.25, -0.2) is 0 Å². The number of nitrogens with one attached hydrogen (secondary N) is 2. The van der Waals surface area contributed by atoms with E-state index >= 15 is 0 Å². The summed E-state index contributed by atoms with van der Waals surface area (Å²) in [5, 5.41) is 7.08. The smallest absolute Gasteiger partial charge is 0.191 e. The molecule has 2 aliphatic rings. The zero-order chi connectivity index (χ0) is 16.0. The predicted molar refractivity (Wildman–Crippen MR) is 95.9 cm³/mol. The van der Waals surface area contributed by atoms with Crippen LogP contribution in [0.1, 0.15) is 27.2 Å². The quantitative estimate of drug-likeness (QED) is 0.590. The van der Waals surface area contributed by atoms with Crippen molar-refractivity contribution < 1.29 is 4.74 Å². The lowest BCUT2D eigenvalue weighted by atomic mass is 9.95. The summed E-state index contributed by atoms with van der Waals surface area (Å²) >= 11 is 2.07. The summed E-state index contributed by atoms with van der Waals surface area (Å²) in [4.78, 5) is 7.02. The van der Waals surface area contributed by atoms with Gasteiger partial charge in [-0.2, -0.15) is 11.8 Å². The number of rotatable bonds is 5. The molecule has 2 N–H and O–H groups in total. The first-order chi connectivity index (χ1) is 10.6. The lowest BCUT2D eigenvalue weighted by Crippen LogP contribution is -2.60. The van der Waals surface area contributed by atoms with Crippen LogP contribution in [0.3, 0.4) is 0 Å². The van der Waals surface area contributed by atoms with Crippen molar-refractivity contribution >= 4 is 17.7 Å². The van der Waals surface area contributed by atoms with Gasteiger partial charge in [-0.15, -0.1) is 0 Å². The van der Waals surface area contributed by atoms with Gasteiger partial charge in [0.1, 0.15) is 0 Å². The van der Waals surface area contributed by atoms with Crippen LogP contribution in [0.4, 0.5) is 0 Å².